The summed E-state index contributed by atoms with van der Waals surface area (Å²) in [6.07, 6.45) is 1.66. The van der Waals surface area contributed by atoms with Gasteiger partial charge in [-0.15, -0.1) is 0 Å². The lowest BCUT2D eigenvalue weighted by Gasteiger charge is -1.95. The van der Waals surface area contributed by atoms with E-state index in [-0.39, 0.29) is 11.9 Å². The number of nitrogens with zero attached hydrogens (tertiary/aromatic N) is 2. The van der Waals surface area contributed by atoms with Crippen LogP contribution in [0.4, 0.5) is 6.01 Å². The van der Waals surface area contributed by atoms with Gasteiger partial charge in [-0.05, 0) is 28.9 Å². The summed E-state index contributed by atoms with van der Waals surface area (Å²) in [5.41, 5.74) is 0.415. The molecule has 1 amide bonds. The zero-order chi connectivity index (χ0) is 10.8. The first-order valence-corrected chi connectivity index (χ1v) is 4.90. The van der Waals surface area contributed by atoms with E-state index in [1.54, 1.807) is 19.2 Å². The third-order valence-corrected chi connectivity index (χ3v) is 2.10. The molecule has 0 bridgehead atoms. The fraction of sp³-hybridized carbons (Fsp3) is 0.125. The summed E-state index contributed by atoms with van der Waals surface area (Å²) < 4.78 is 5.54. The Bertz CT molecular complexity index is 490. The summed E-state index contributed by atoms with van der Waals surface area (Å²) in [6, 6.07) is 1.74. The minimum Gasteiger partial charge on any atom is -0.356 e. The molecule has 2 rings (SSSR count). The monoisotopic (exact) mass is 270 g/mol. The second-order valence-electron chi connectivity index (χ2n) is 2.83. The fourth-order valence-electron chi connectivity index (χ4n) is 1.01. The van der Waals surface area contributed by atoms with Crippen LogP contribution in [-0.2, 0) is 0 Å². The normalized spacial score (nSPS) is 10.3. The molecule has 0 unspecified atom stereocenters. The van der Waals surface area contributed by atoms with Crippen LogP contribution in [0.3, 0.4) is 0 Å². The van der Waals surface area contributed by atoms with E-state index >= 15 is 0 Å². The van der Waals surface area contributed by atoms with Crippen LogP contribution in [-0.4, -0.2) is 21.0 Å². The van der Waals surface area contributed by atoms with E-state index in [1.165, 1.54) is 0 Å². The van der Waals surface area contributed by atoms with Crippen molar-refractivity contribution in [3.05, 3.63) is 28.3 Å². The summed E-state index contributed by atoms with van der Waals surface area (Å²) in [5, 5.41) is 6.01. The van der Waals surface area contributed by atoms with Gasteiger partial charge in [-0.1, -0.05) is 5.16 Å². The second kappa shape index (κ2) is 3.85. The summed E-state index contributed by atoms with van der Waals surface area (Å²) >= 11 is 3.23. The van der Waals surface area contributed by atoms with Crippen molar-refractivity contribution in [2.45, 2.75) is 6.92 Å². The molecule has 0 aromatic carbocycles. The molecule has 2 heterocycles. The molecule has 0 fully saturated rings. The molecule has 2 aromatic rings. The smallest absolute Gasteiger partial charge is 0.328 e. The first-order valence-electron chi connectivity index (χ1n) is 4.11. The molecular formula is C8H7BrN4O2. The van der Waals surface area contributed by atoms with E-state index in [1.807, 2.05) is 0 Å². The van der Waals surface area contributed by atoms with Gasteiger partial charge in [0.1, 0.15) is 5.69 Å². The summed E-state index contributed by atoms with van der Waals surface area (Å²) in [7, 11) is 0. The van der Waals surface area contributed by atoms with Crippen LogP contribution in [0.5, 0.6) is 0 Å². The van der Waals surface area contributed by atoms with Crippen molar-refractivity contribution in [1.82, 2.24) is 15.1 Å². The van der Waals surface area contributed by atoms with Gasteiger partial charge < -0.3 is 9.51 Å². The number of hydrogen-bond donors (Lipinski definition) is 2. The number of aromatic nitrogens is 3. The average Bonchev–Trinajstić information content (AvgIpc) is 2.75. The van der Waals surface area contributed by atoms with Gasteiger partial charge in [0.15, 0.2) is 5.82 Å². The number of nitrogens with one attached hydrogen (secondary N) is 2. The molecule has 0 aliphatic heterocycles. The van der Waals surface area contributed by atoms with Crippen molar-refractivity contribution < 1.29 is 9.32 Å². The van der Waals surface area contributed by atoms with Crippen molar-refractivity contribution in [2.75, 3.05) is 5.32 Å². The van der Waals surface area contributed by atoms with Crippen LogP contribution in [0.1, 0.15) is 16.3 Å². The molecule has 2 aromatic heterocycles. The van der Waals surface area contributed by atoms with Crippen LogP contribution in [0.2, 0.25) is 0 Å². The number of aromatic amines is 1. The number of aryl methyl sites for hydroxylation is 1. The average molecular weight is 271 g/mol. The standard InChI is InChI=1S/C8H7BrN4O2/c1-4-11-8(15-13-4)12-7(14)6-2-5(9)3-10-6/h2-3,10H,1H3,(H,11,12,13,14). The largest absolute Gasteiger partial charge is 0.356 e. The summed E-state index contributed by atoms with van der Waals surface area (Å²) in [5.74, 6) is 0.141. The predicted octanol–water partition coefficient (Wildman–Crippen LogP) is 1.72. The van der Waals surface area contributed by atoms with Gasteiger partial charge in [-0.3, -0.25) is 10.1 Å². The molecular weight excluding hydrogens is 264 g/mol. The SMILES string of the molecule is Cc1noc(NC(=O)c2cc(Br)c[nH]2)n1. The number of halogens is 1. The zero-order valence-electron chi connectivity index (χ0n) is 7.74. The zero-order valence-corrected chi connectivity index (χ0v) is 9.33. The maximum Gasteiger partial charge on any atom is 0.328 e. The van der Waals surface area contributed by atoms with E-state index in [0.29, 0.717) is 11.5 Å². The topological polar surface area (TPSA) is 83.8 Å². The number of hydrogen-bond acceptors (Lipinski definition) is 4. The van der Waals surface area contributed by atoms with Gasteiger partial charge >= 0.3 is 6.01 Å². The highest BCUT2D eigenvalue weighted by atomic mass is 79.9. The minimum absolute atomic E-state index is 0.0863. The number of carbonyl (C=O) groups is 1. The molecule has 0 saturated carbocycles. The van der Waals surface area contributed by atoms with Crippen LogP contribution in [0.15, 0.2) is 21.3 Å². The maximum absolute atomic E-state index is 11.5. The first kappa shape index (κ1) is 9.91. The van der Waals surface area contributed by atoms with E-state index in [9.17, 15) is 4.79 Å². The highest BCUT2D eigenvalue weighted by Crippen LogP contribution is 2.12. The highest BCUT2D eigenvalue weighted by molar-refractivity contribution is 9.10. The molecule has 15 heavy (non-hydrogen) atoms. The quantitative estimate of drug-likeness (QED) is 0.871. The number of H-pyrrole nitrogens is 1. The Hall–Kier alpha value is -1.63. The third-order valence-electron chi connectivity index (χ3n) is 1.64. The van der Waals surface area contributed by atoms with Crippen LogP contribution in [0, 0.1) is 6.92 Å². The molecule has 0 aliphatic carbocycles. The van der Waals surface area contributed by atoms with Gasteiger partial charge in [0.2, 0.25) is 0 Å². The number of rotatable bonds is 2. The van der Waals surface area contributed by atoms with Gasteiger partial charge in [0, 0.05) is 10.7 Å². The lowest BCUT2D eigenvalue weighted by atomic mass is 10.4. The Kier molecular flexibility index (Phi) is 2.55. The van der Waals surface area contributed by atoms with Crippen molar-refractivity contribution in [3.8, 4) is 0 Å². The van der Waals surface area contributed by atoms with Gasteiger partial charge in [-0.2, -0.15) is 4.98 Å². The lowest BCUT2D eigenvalue weighted by Crippen LogP contribution is -2.12. The summed E-state index contributed by atoms with van der Waals surface area (Å²) in [6.45, 7) is 1.67. The number of carbonyl (C=O) groups excluding carboxylic acids is 1. The molecule has 2 N–H and O–H groups in total. The van der Waals surface area contributed by atoms with Crippen molar-refractivity contribution in [3.63, 3.8) is 0 Å². The van der Waals surface area contributed by atoms with Gasteiger partial charge in [0.05, 0.1) is 0 Å². The molecule has 6 nitrogen and oxygen atoms in total. The number of amides is 1. The highest BCUT2D eigenvalue weighted by Gasteiger charge is 2.11. The van der Waals surface area contributed by atoms with Crippen molar-refractivity contribution >= 4 is 27.9 Å². The molecule has 0 radical (unpaired) electrons. The number of anilines is 1. The first-order chi connectivity index (χ1) is 7.15. The van der Waals surface area contributed by atoms with Crippen LogP contribution in [0.25, 0.3) is 0 Å². The van der Waals surface area contributed by atoms with Crippen LogP contribution >= 0.6 is 15.9 Å². The third kappa shape index (κ3) is 2.24. The predicted molar refractivity (Wildman–Crippen MR) is 55.5 cm³/mol. The molecule has 78 valence electrons. The Balaban J connectivity index is 2.10. The molecule has 7 heteroatoms. The molecule has 0 atom stereocenters. The Morgan fingerprint density at radius 1 is 1.67 bits per heavy atom. The van der Waals surface area contributed by atoms with Crippen LogP contribution < -0.4 is 5.32 Å². The van der Waals surface area contributed by atoms with Gasteiger partial charge in [-0.25, -0.2) is 0 Å². The lowest BCUT2D eigenvalue weighted by molar-refractivity contribution is 0.101. The van der Waals surface area contributed by atoms with E-state index in [2.05, 4.69) is 36.4 Å². The Morgan fingerprint density at radius 3 is 3.00 bits per heavy atom. The maximum atomic E-state index is 11.5. The van der Waals surface area contributed by atoms with E-state index < -0.39 is 0 Å². The van der Waals surface area contributed by atoms with E-state index in [4.69, 9.17) is 4.52 Å². The van der Waals surface area contributed by atoms with E-state index in [0.717, 1.165) is 4.47 Å². The fourth-order valence-corrected chi connectivity index (χ4v) is 1.35. The summed E-state index contributed by atoms with van der Waals surface area (Å²) in [4.78, 5) is 18.2. The molecule has 0 spiro atoms. The Morgan fingerprint density at radius 2 is 2.47 bits per heavy atom. The molecule has 0 aliphatic rings. The minimum atomic E-state index is -0.329. The Labute approximate surface area is 93.2 Å². The molecule has 0 saturated heterocycles. The van der Waals surface area contributed by atoms with Crippen molar-refractivity contribution in [1.29, 1.82) is 0 Å². The van der Waals surface area contributed by atoms with Gasteiger partial charge in [0.25, 0.3) is 5.91 Å². The van der Waals surface area contributed by atoms with Crippen molar-refractivity contribution in [2.24, 2.45) is 0 Å². The second-order valence-corrected chi connectivity index (χ2v) is 3.75.